The number of hydrogen-bond acceptors (Lipinski definition) is 3. The van der Waals surface area contributed by atoms with Crippen LogP contribution < -0.4 is 10.1 Å². The first kappa shape index (κ1) is 22.1. The zero-order chi connectivity index (χ0) is 21.6. The summed E-state index contributed by atoms with van der Waals surface area (Å²) in [5, 5.41) is 3.89. The maximum atomic E-state index is 12.9. The van der Waals surface area contributed by atoms with E-state index in [2.05, 4.69) is 22.3 Å². The van der Waals surface area contributed by atoms with Crippen LogP contribution >= 0.6 is 11.6 Å². The maximum Gasteiger partial charge on any atom is 0.258 e. The van der Waals surface area contributed by atoms with E-state index in [0.29, 0.717) is 17.6 Å². The maximum absolute atomic E-state index is 12.9. The smallest absolute Gasteiger partial charge is 0.258 e. The standard InChI is InChI=1S/C25H30ClFN2O2/c26-21-4-2-19(3-5-21)20-11-13-29(14-12-20)16-18-1-8-23(15-18)28-25(30)17-31-24-9-6-22(27)7-10-24/h2-7,9-10,18,20,23H,1,8,11-17H2,(H,28,30)/t18-,23+/m0/s1. The normalized spacial score (nSPS) is 22.4. The van der Waals surface area contributed by atoms with Gasteiger partial charge in [0.15, 0.2) is 6.61 Å². The predicted octanol–water partition coefficient (Wildman–Crippen LogP) is 5.02. The minimum Gasteiger partial charge on any atom is -0.484 e. The molecule has 2 fully saturated rings. The number of halogens is 2. The Balaban J connectivity index is 1.14. The van der Waals surface area contributed by atoms with Crippen molar-refractivity contribution in [2.45, 2.75) is 44.1 Å². The molecular formula is C25H30ClFN2O2. The number of benzene rings is 2. The van der Waals surface area contributed by atoms with Crippen LogP contribution in [0.4, 0.5) is 4.39 Å². The van der Waals surface area contributed by atoms with Gasteiger partial charge in [-0.25, -0.2) is 4.39 Å². The Morgan fingerprint density at radius 2 is 1.74 bits per heavy atom. The van der Waals surface area contributed by atoms with Crippen molar-refractivity contribution in [1.82, 2.24) is 10.2 Å². The molecule has 1 N–H and O–H groups in total. The number of ether oxygens (including phenoxy) is 1. The SMILES string of the molecule is O=C(COc1ccc(F)cc1)N[C@@H]1CC[C@H](CN2CCC(c3ccc(Cl)cc3)CC2)C1. The Bertz CT molecular complexity index is 851. The number of nitrogens with zero attached hydrogens (tertiary/aromatic N) is 1. The van der Waals surface area contributed by atoms with Gasteiger partial charge in [-0.3, -0.25) is 4.79 Å². The van der Waals surface area contributed by atoms with Crippen molar-refractivity contribution in [2.24, 2.45) is 5.92 Å². The highest BCUT2D eigenvalue weighted by Crippen LogP contribution is 2.31. The van der Waals surface area contributed by atoms with Gasteiger partial charge in [0.05, 0.1) is 0 Å². The average Bonchev–Trinajstić information content (AvgIpc) is 3.21. The summed E-state index contributed by atoms with van der Waals surface area (Å²) in [6.07, 6.45) is 5.58. The van der Waals surface area contributed by atoms with E-state index in [-0.39, 0.29) is 24.4 Å². The van der Waals surface area contributed by atoms with Crippen molar-refractivity contribution in [3.05, 3.63) is 64.9 Å². The zero-order valence-electron chi connectivity index (χ0n) is 17.7. The van der Waals surface area contributed by atoms with Gasteiger partial charge in [0.1, 0.15) is 11.6 Å². The molecule has 2 aromatic carbocycles. The van der Waals surface area contributed by atoms with Gasteiger partial charge in [0.2, 0.25) is 0 Å². The molecule has 1 saturated carbocycles. The fourth-order valence-electron chi connectivity index (χ4n) is 4.87. The molecule has 1 aliphatic heterocycles. The van der Waals surface area contributed by atoms with Crippen LogP contribution in [0, 0.1) is 11.7 Å². The van der Waals surface area contributed by atoms with E-state index in [1.807, 2.05) is 12.1 Å². The van der Waals surface area contributed by atoms with Crippen molar-refractivity contribution < 1.29 is 13.9 Å². The quantitative estimate of drug-likeness (QED) is 0.651. The van der Waals surface area contributed by atoms with Crippen LogP contribution in [-0.4, -0.2) is 43.1 Å². The van der Waals surface area contributed by atoms with Crippen LogP contribution in [0.15, 0.2) is 48.5 Å². The van der Waals surface area contributed by atoms with Crippen LogP contribution in [-0.2, 0) is 4.79 Å². The fourth-order valence-corrected chi connectivity index (χ4v) is 5.00. The van der Waals surface area contributed by atoms with Crippen LogP contribution in [0.5, 0.6) is 5.75 Å². The molecule has 0 radical (unpaired) electrons. The first-order valence-electron chi connectivity index (χ1n) is 11.2. The highest BCUT2D eigenvalue weighted by molar-refractivity contribution is 6.30. The molecule has 2 atom stereocenters. The molecule has 0 bridgehead atoms. The van der Waals surface area contributed by atoms with Crippen molar-refractivity contribution in [3.63, 3.8) is 0 Å². The van der Waals surface area contributed by atoms with Gasteiger partial charge in [-0.1, -0.05) is 23.7 Å². The molecular weight excluding hydrogens is 415 g/mol. The predicted molar refractivity (Wildman–Crippen MR) is 121 cm³/mol. The number of piperidine rings is 1. The third-order valence-electron chi connectivity index (χ3n) is 6.54. The molecule has 2 aliphatic rings. The number of hydrogen-bond donors (Lipinski definition) is 1. The lowest BCUT2D eigenvalue weighted by molar-refractivity contribution is -0.123. The molecule has 4 nitrogen and oxygen atoms in total. The Labute approximate surface area is 188 Å². The van der Waals surface area contributed by atoms with Gasteiger partial charge in [-0.15, -0.1) is 0 Å². The molecule has 6 heteroatoms. The minimum absolute atomic E-state index is 0.0367. The Morgan fingerprint density at radius 3 is 2.45 bits per heavy atom. The Morgan fingerprint density at radius 1 is 1.03 bits per heavy atom. The minimum atomic E-state index is -0.317. The van der Waals surface area contributed by atoms with Crippen molar-refractivity contribution >= 4 is 17.5 Å². The van der Waals surface area contributed by atoms with E-state index in [1.165, 1.54) is 42.7 Å². The average molecular weight is 445 g/mol. The van der Waals surface area contributed by atoms with E-state index in [1.54, 1.807) is 0 Å². The summed E-state index contributed by atoms with van der Waals surface area (Å²) in [4.78, 5) is 14.8. The molecule has 2 aromatic rings. The molecule has 0 spiro atoms. The number of carbonyl (C=O) groups is 1. The second kappa shape index (κ2) is 10.5. The van der Waals surface area contributed by atoms with E-state index in [9.17, 15) is 9.18 Å². The van der Waals surface area contributed by atoms with E-state index in [4.69, 9.17) is 16.3 Å². The molecule has 166 valence electrons. The van der Waals surface area contributed by atoms with Gasteiger partial charge in [-0.2, -0.15) is 0 Å². The molecule has 1 aliphatic carbocycles. The topological polar surface area (TPSA) is 41.6 Å². The van der Waals surface area contributed by atoms with Gasteiger partial charge in [-0.05, 0) is 99.0 Å². The Kier molecular flexibility index (Phi) is 7.46. The third kappa shape index (κ3) is 6.44. The van der Waals surface area contributed by atoms with Crippen molar-refractivity contribution in [2.75, 3.05) is 26.2 Å². The van der Waals surface area contributed by atoms with Crippen LogP contribution in [0.2, 0.25) is 5.02 Å². The molecule has 31 heavy (non-hydrogen) atoms. The summed E-state index contributed by atoms with van der Waals surface area (Å²) in [5.74, 6) is 1.34. The van der Waals surface area contributed by atoms with Gasteiger partial charge in [0, 0.05) is 17.6 Å². The summed E-state index contributed by atoms with van der Waals surface area (Å²) in [7, 11) is 0. The molecule has 1 amide bonds. The number of carbonyl (C=O) groups excluding carboxylic acids is 1. The second-order valence-corrected chi connectivity index (χ2v) is 9.25. The molecule has 0 aromatic heterocycles. The molecule has 4 rings (SSSR count). The van der Waals surface area contributed by atoms with Crippen LogP contribution in [0.3, 0.4) is 0 Å². The second-order valence-electron chi connectivity index (χ2n) is 8.81. The molecule has 1 heterocycles. The summed E-state index contributed by atoms with van der Waals surface area (Å²) in [5.41, 5.74) is 1.40. The lowest BCUT2D eigenvalue weighted by Crippen LogP contribution is -2.38. The zero-order valence-corrected chi connectivity index (χ0v) is 18.5. The van der Waals surface area contributed by atoms with E-state index < -0.39 is 0 Å². The highest BCUT2D eigenvalue weighted by atomic mass is 35.5. The van der Waals surface area contributed by atoms with Crippen LogP contribution in [0.1, 0.15) is 43.6 Å². The van der Waals surface area contributed by atoms with Crippen molar-refractivity contribution in [3.8, 4) is 5.75 Å². The summed E-state index contributed by atoms with van der Waals surface area (Å²) >= 11 is 6.01. The lowest BCUT2D eigenvalue weighted by atomic mass is 9.89. The molecule has 0 unspecified atom stereocenters. The third-order valence-corrected chi connectivity index (χ3v) is 6.79. The number of rotatable bonds is 7. The number of amides is 1. The van der Waals surface area contributed by atoms with E-state index in [0.717, 1.165) is 43.9 Å². The largest absolute Gasteiger partial charge is 0.484 e. The van der Waals surface area contributed by atoms with Gasteiger partial charge < -0.3 is 15.0 Å². The number of nitrogens with one attached hydrogen (secondary N) is 1. The monoisotopic (exact) mass is 444 g/mol. The fraction of sp³-hybridized carbons (Fsp3) is 0.480. The first-order chi connectivity index (χ1) is 15.0. The van der Waals surface area contributed by atoms with Gasteiger partial charge in [0.25, 0.3) is 5.91 Å². The summed E-state index contributed by atoms with van der Waals surface area (Å²) < 4.78 is 18.4. The van der Waals surface area contributed by atoms with E-state index >= 15 is 0 Å². The summed E-state index contributed by atoms with van der Waals surface area (Å²) in [6.45, 7) is 3.34. The highest BCUT2D eigenvalue weighted by Gasteiger charge is 2.29. The first-order valence-corrected chi connectivity index (χ1v) is 11.6. The van der Waals surface area contributed by atoms with Gasteiger partial charge >= 0.3 is 0 Å². The van der Waals surface area contributed by atoms with Crippen LogP contribution in [0.25, 0.3) is 0 Å². The number of likely N-dealkylation sites (tertiary alicyclic amines) is 1. The molecule has 1 saturated heterocycles. The summed E-state index contributed by atoms with van der Waals surface area (Å²) in [6, 6.07) is 14.2. The lowest BCUT2D eigenvalue weighted by Gasteiger charge is -2.33. The Hall–Kier alpha value is -2.11. The van der Waals surface area contributed by atoms with Crippen molar-refractivity contribution in [1.29, 1.82) is 0 Å².